The lowest BCUT2D eigenvalue weighted by atomic mass is 10.2. The summed E-state index contributed by atoms with van der Waals surface area (Å²) in [6.07, 6.45) is 4.15. The first-order valence-corrected chi connectivity index (χ1v) is 8.03. The Kier molecular flexibility index (Phi) is 3.23. The minimum atomic E-state index is 0.545. The van der Waals surface area contributed by atoms with Gasteiger partial charge in [0.05, 0.1) is 16.3 Å². The van der Waals surface area contributed by atoms with Gasteiger partial charge in [0.25, 0.3) is 0 Å². The largest absolute Gasteiger partial charge is 0.375 e. The molecule has 1 aromatic carbocycles. The molecular formula is C16H15N5S. The van der Waals surface area contributed by atoms with Crippen molar-refractivity contribution in [2.75, 3.05) is 11.1 Å². The topological polar surface area (TPSA) is 76.7 Å². The highest BCUT2D eigenvalue weighted by atomic mass is 32.1. The number of nitrogens with one attached hydrogen (secondary N) is 1. The Balaban J connectivity index is 1.67. The Morgan fingerprint density at radius 1 is 1.09 bits per heavy atom. The molecule has 1 saturated carbocycles. The fourth-order valence-corrected chi connectivity index (χ4v) is 3.25. The maximum Gasteiger partial charge on any atom is 0.227 e. The number of hydrogen-bond donors (Lipinski definition) is 2. The van der Waals surface area contributed by atoms with Crippen LogP contribution in [0.25, 0.3) is 10.6 Å². The fourth-order valence-electron chi connectivity index (χ4n) is 2.36. The molecule has 1 fully saturated rings. The van der Waals surface area contributed by atoms with E-state index in [1.807, 2.05) is 36.4 Å². The summed E-state index contributed by atoms with van der Waals surface area (Å²) in [7, 11) is 0. The van der Waals surface area contributed by atoms with Gasteiger partial charge in [-0.05, 0) is 31.0 Å². The van der Waals surface area contributed by atoms with Crippen LogP contribution in [0.4, 0.5) is 16.8 Å². The van der Waals surface area contributed by atoms with Gasteiger partial charge in [0.2, 0.25) is 5.95 Å². The number of thiazole rings is 1. The number of para-hydroxylation sites is 1. The van der Waals surface area contributed by atoms with Gasteiger partial charge in [-0.15, -0.1) is 0 Å². The maximum absolute atomic E-state index is 5.89. The minimum Gasteiger partial charge on any atom is -0.375 e. The van der Waals surface area contributed by atoms with Gasteiger partial charge in [0.15, 0.2) is 5.13 Å². The molecule has 4 rings (SSSR count). The van der Waals surface area contributed by atoms with E-state index in [2.05, 4.69) is 20.3 Å². The van der Waals surface area contributed by atoms with Crippen molar-refractivity contribution in [1.82, 2.24) is 15.0 Å². The maximum atomic E-state index is 5.89. The van der Waals surface area contributed by atoms with E-state index in [-0.39, 0.29) is 0 Å². The second-order valence-electron chi connectivity index (χ2n) is 5.30. The first kappa shape index (κ1) is 13.2. The summed E-state index contributed by atoms with van der Waals surface area (Å²) in [6.45, 7) is 0. The van der Waals surface area contributed by atoms with Crippen LogP contribution in [0.5, 0.6) is 0 Å². The predicted octanol–water partition coefficient (Wildman–Crippen LogP) is 3.80. The molecule has 5 nitrogen and oxygen atoms in total. The van der Waals surface area contributed by atoms with Crippen LogP contribution in [0.3, 0.4) is 0 Å². The zero-order valence-corrected chi connectivity index (χ0v) is 12.7. The predicted molar refractivity (Wildman–Crippen MR) is 89.3 cm³/mol. The van der Waals surface area contributed by atoms with E-state index in [4.69, 9.17) is 5.73 Å². The number of benzene rings is 1. The Bertz CT molecular complexity index is 795. The Morgan fingerprint density at radius 3 is 2.68 bits per heavy atom. The fraction of sp³-hybridized carbons (Fsp3) is 0.188. The summed E-state index contributed by atoms with van der Waals surface area (Å²) < 4.78 is 0. The van der Waals surface area contributed by atoms with Crippen molar-refractivity contribution in [3.63, 3.8) is 0 Å². The van der Waals surface area contributed by atoms with E-state index >= 15 is 0 Å². The zero-order valence-electron chi connectivity index (χ0n) is 11.9. The highest BCUT2D eigenvalue weighted by molar-refractivity contribution is 7.18. The van der Waals surface area contributed by atoms with E-state index in [9.17, 15) is 0 Å². The number of nitrogens with zero attached hydrogens (tertiary/aromatic N) is 3. The Hall–Kier alpha value is -2.47. The third-order valence-corrected chi connectivity index (χ3v) is 4.47. The number of nitrogens with two attached hydrogens (primary N) is 1. The summed E-state index contributed by atoms with van der Waals surface area (Å²) in [5, 5.41) is 3.82. The van der Waals surface area contributed by atoms with Crippen LogP contribution in [-0.4, -0.2) is 15.0 Å². The second kappa shape index (κ2) is 5.38. The zero-order chi connectivity index (χ0) is 14.9. The third kappa shape index (κ3) is 2.65. The summed E-state index contributed by atoms with van der Waals surface area (Å²) in [5.74, 6) is 1.13. The van der Waals surface area contributed by atoms with Crippen LogP contribution in [0.15, 0.2) is 42.6 Å². The minimum absolute atomic E-state index is 0.545. The van der Waals surface area contributed by atoms with Gasteiger partial charge < -0.3 is 11.1 Å². The van der Waals surface area contributed by atoms with Gasteiger partial charge >= 0.3 is 0 Å². The van der Waals surface area contributed by atoms with Gasteiger partial charge in [0.1, 0.15) is 0 Å². The third-order valence-electron chi connectivity index (χ3n) is 3.55. The van der Waals surface area contributed by atoms with Crippen LogP contribution in [-0.2, 0) is 0 Å². The molecule has 0 unspecified atom stereocenters. The van der Waals surface area contributed by atoms with Crippen molar-refractivity contribution < 1.29 is 0 Å². The highest BCUT2D eigenvalue weighted by Crippen LogP contribution is 2.46. The van der Waals surface area contributed by atoms with Crippen LogP contribution >= 0.6 is 11.3 Å². The molecule has 0 bridgehead atoms. The monoisotopic (exact) mass is 309 g/mol. The molecule has 0 saturated heterocycles. The Morgan fingerprint density at radius 2 is 1.91 bits per heavy atom. The van der Waals surface area contributed by atoms with E-state index in [0.717, 1.165) is 22.0 Å². The van der Waals surface area contributed by atoms with Crippen molar-refractivity contribution >= 4 is 28.1 Å². The van der Waals surface area contributed by atoms with E-state index in [0.29, 0.717) is 17.0 Å². The number of aromatic nitrogens is 3. The molecule has 110 valence electrons. The quantitative estimate of drug-likeness (QED) is 0.766. The van der Waals surface area contributed by atoms with Crippen molar-refractivity contribution in [2.45, 2.75) is 18.8 Å². The van der Waals surface area contributed by atoms with Gasteiger partial charge in [-0.1, -0.05) is 29.5 Å². The smallest absolute Gasteiger partial charge is 0.227 e. The summed E-state index contributed by atoms with van der Waals surface area (Å²) in [4.78, 5) is 14.4. The van der Waals surface area contributed by atoms with Gasteiger partial charge in [-0.3, -0.25) is 0 Å². The lowest BCUT2D eigenvalue weighted by molar-refractivity contribution is 1.05. The number of hydrogen-bond acceptors (Lipinski definition) is 6. The highest BCUT2D eigenvalue weighted by Gasteiger charge is 2.30. The number of rotatable bonds is 4. The van der Waals surface area contributed by atoms with Gasteiger partial charge in [-0.25, -0.2) is 15.0 Å². The lowest BCUT2D eigenvalue weighted by Gasteiger charge is -2.06. The van der Waals surface area contributed by atoms with Crippen LogP contribution in [0.2, 0.25) is 0 Å². The molecule has 3 N–H and O–H groups in total. The van der Waals surface area contributed by atoms with Crippen LogP contribution in [0, 0.1) is 0 Å². The molecule has 2 heterocycles. The Labute approximate surface area is 132 Å². The molecule has 6 heteroatoms. The second-order valence-corrected chi connectivity index (χ2v) is 6.33. The summed E-state index contributed by atoms with van der Waals surface area (Å²) in [5.41, 5.74) is 8.82. The molecule has 3 aromatic rings. The molecule has 0 aliphatic heterocycles. The van der Waals surface area contributed by atoms with Crippen molar-refractivity contribution in [3.8, 4) is 10.6 Å². The number of anilines is 3. The average Bonchev–Trinajstić information content (AvgIpc) is 3.31. The molecule has 1 aliphatic carbocycles. The number of nitrogen functional groups attached to an aromatic ring is 1. The molecule has 0 amide bonds. The first-order chi connectivity index (χ1) is 10.8. The van der Waals surface area contributed by atoms with E-state index < -0.39 is 0 Å². The van der Waals surface area contributed by atoms with Crippen molar-refractivity contribution in [3.05, 3.63) is 48.3 Å². The molecule has 0 atom stereocenters. The van der Waals surface area contributed by atoms with Gasteiger partial charge in [-0.2, -0.15) is 0 Å². The average molecular weight is 309 g/mol. The van der Waals surface area contributed by atoms with Crippen molar-refractivity contribution in [2.24, 2.45) is 0 Å². The molecule has 2 aromatic heterocycles. The molecule has 0 radical (unpaired) electrons. The SMILES string of the molecule is Nc1nc(C2CC2)c(-c2ccnc(Nc3ccccc3)n2)s1. The van der Waals surface area contributed by atoms with Crippen LogP contribution in [0.1, 0.15) is 24.5 Å². The molecular weight excluding hydrogens is 294 g/mol. The van der Waals surface area contributed by atoms with E-state index in [1.165, 1.54) is 24.2 Å². The molecule has 0 spiro atoms. The molecule has 1 aliphatic rings. The van der Waals surface area contributed by atoms with Crippen LogP contribution < -0.4 is 11.1 Å². The normalized spacial score (nSPS) is 14.0. The summed E-state index contributed by atoms with van der Waals surface area (Å²) in [6, 6.07) is 11.8. The summed E-state index contributed by atoms with van der Waals surface area (Å²) >= 11 is 1.50. The van der Waals surface area contributed by atoms with E-state index in [1.54, 1.807) is 6.20 Å². The first-order valence-electron chi connectivity index (χ1n) is 7.21. The molecule has 22 heavy (non-hydrogen) atoms. The van der Waals surface area contributed by atoms with Gasteiger partial charge in [0, 0.05) is 17.8 Å². The van der Waals surface area contributed by atoms with Crippen molar-refractivity contribution in [1.29, 1.82) is 0 Å². The standard InChI is InChI=1S/C16H15N5S/c17-15-21-13(10-6-7-10)14(22-15)12-8-9-18-16(20-12)19-11-4-2-1-3-5-11/h1-5,8-10H,6-7H2,(H2,17,21)(H,18,19,20). The lowest BCUT2D eigenvalue weighted by Crippen LogP contribution is -1.97.